The molecule has 128 valence electrons. The topological polar surface area (TPSA) is 41.6 Å². The molecule has 0 spiro atoms. The molecule has 0 aliphatic carbocycles. The number of nitrogens with one attached hydrogen (secondary N) is 1. The molecule has 2 aromatic rings. The van der Waals surface area contributed by atoms with Gasteiger partial charge in [0.15, 0.2) is 0 Å². The summed E-state index contributed by atoms with van der Waals surface area (Å²) in [7, 11) is 1.62. The van der Waals surface area contributed by atoms with Crippen LogP contribution in [0.25, 0.3) is 0 Å². The summed E-state index contributed by atoms with van der Waals surface area (Å²) in [6, 6.07) is 11.6. The van der Waals surface area contributed by atoms with E-state index in [9.17, 15) is 4.79 Å². The van der Waals surface area contributed by atoms with Crippen LogP contribution in [0.15, 0.2) is 41.8 Å². The Hall–Kier alpha value is -1.85. The number of carbonyl (C=O) groups is 1. The molecule has 1 aromatic carbocycles. The number of rotatable bonds is 6. The van der Waals surface area contributed by atoms with Gasteiger partial charge < -0.3 is 10.1 Å². The minimum absolute atomic E-state index is 0.00123. The van der Waals surface area contributed by atoms with Crippen LogP contribution in [0.1, 0.15) is 28.1 Å². The maximum absolute atomic E-state index is 12.2. The molecule has 0 radical (unpaired) electrons. The first-order valence-electron chi connectivity index (χ1n) is 8.41. The summed E-state index contributed by atoms with van der Waals surface area (Å²) in [4.78, 5) is 16.1. The van der Waals surface area contributed by atoms with Crippen LogP contribution in [-0.2, 0) is 6.54 Å². The summed E-state index contributed by atoms with van der Waals surface area (Å²) in [5.41, 5.74) is 0.686. The molecule has 1 saturated heterocycles. The van der Waals surface area contributed by atoms with Crippen molar-refractivity contribution in [2.75, 3.05) is 26.7 Å². The molecule has 1 aliphatic rings. The van der Waals surface area contributed by atoms with Crippen LogP contribution in [0, 0.1) is 5.92 Å². The van der Waals surface area contributed by atoms with E-state index in [-0.39, 0.29) is 5.91 Å². The number of thiophene rings is 1. The number of hydrogen-bond acceptors (Lipinski definition) is 4. The van der Waals surface area contributed by atoms with Gasteiger partial charge in [-0.3, -0.25) is 9.69 Å². The average molecular weight is 344 g/mol. The molecule has 0 bridgehead atoms. The van der Waals surface area contributed by atoms with Gasteiger partial charge in [-0.25, -0.2) is 0 Å². The molecular formula is C19H24N2O2S. The van der Waals surface area contributed by atoms with Crippen LogP contribution in [0.2, 0.25) is 0 Å². The molecular weight excluding hydrogens is 320 g/mol. The molecule has 0 atom stereocenters. The highest BCUT2D eigenvalue weighted by molar-refractivity contribution is 7.09. The lowest BCUT2D eigenvalue weighted by Gasteiger charge is -2.31. The molecule has 5 heteroatoms. The van der Waals surface area contributed by atoms with Crippen molar-refractivity contribution in [3.8, 4) is 5.75 Å². The highest BCUT2D eigenvalue weighted by atomic mass is 32.1. The van der Waals surface area contributed by atoms with Gasteiger partial charge in [0.05, 0.1) is 7.11 Å². The molecule has 1 aliphatic heterocycles. The zero-order chi connectivity index (χ0) is 16.8. The Bertz CT molecular complexity index is 632. The first-order chi connectivity index (χ1) is 11.7. The highest BCUT2D eigenvalue weighted by Gasteiger charge is 2.20. The van der Waals surface area contributed by atoms with Gasteiger partial charge in [-0.05, 0) is 67.6 Å². The lowest BCUT2D eigenvalue weighted by atomic mass is 9.96. The van der Waals surface area contributed by atoms with E-state index in [1.165, 1.54) is 4.88 Å². The molecule has 4 nitrogen and oxygen atoms in total. The Morgan fingerprint density at radius 3 is 2.62 bits per heavy atom. The summed E-state index contributed by atoms with van der Waals surface area (Å²) >= 11 is 1.82. The Balaban J connectivity index is 1.40. The standard InChI is InChI=1S/C19H24N2O2S/c1-23-17-6-4-16(5-7-17)19(22)20-13-15-8-10-21(11-9-15)14-18-3-2-12-24-18/h2-7,12,15H,8-11,13-14H2,1H3,(H,20,22). The number of amides is 1. The molecule has 1 amide bonds. The second-order valence-electron chi connectivity index (χ2n) is 6.24. The predicted molar refractivity (Wildman–Crippen MR) is 97.6 cm³/mol. The fourth-order valence-corrected chi connectivity index (χ4v) is 3.80. The molecule has 3 rings (SSSR count). The summed E-state index contributed by atoms with van der Waals surface area (Å²) in [5.74, 6) is 1.34. The van der Waals surface area contributed by atoms with E-state index in [4.69, 9.17) is 4.74 Å². The van der Waals surface area contributed by atoms with Gasteiger partial charge in [0.1, 0.15) is 5.75 Å². The van der Waals surface area contributed by atoms with Gasteiger partial charge in [0.2, 0.25) is 0 Å². The van der Waals surface area contributed by atoms with E-state index in [0.29, 0.717) is 11.5 Å². The van der Waals surface area contributed by atoms with Gasteiger partial charge in [-0.1, -0.05) is 6.07 Å². The zero-order valence-corrected chi connectivity index (χ0v) is 14.8. The van der Waals surface area contributed by atoms with Crippen LogP contribution in [0.5, 0.6) is 5.75 Å². The number of benzene rings is 1. The summed E-state index contributed by atoms with van der Waals surface area (Å²) in [5, 5.41) is 5.21. The normalized spacial score (nSPS) is 16.0. The van der Waals surface area contributed by atoms with Crippen molar-refractivity contribution in [1.82, 2.24) is 10.2 Å². The van der Waals surface area contributed by atoms with Crippen LogP contribution >= 0.6 is 11.3 Å². The van der Waals surface area contributed by atoms with E-state index >= 15 is 0 Å². The molecule has 0 saturated carbocycles. The Morgan fingerprint density at radius 2 is 2.00 bits per heavy atom. The highest BCUT2D eigenvalue weighted by Crippen LogP contribution is 2.20. The van der Waals surface area contributed by atoms with Crippen LogP contribution < -0.4 is 10.1 Å². The third kappa shape index (κ3) is 4.58. The van der Waals surface area contributed by atoms with E-state index < -0.39 is 0 Å². The van der Waals surface area contributed by atoms with Gasteiger partial charge >= 0.3 is 0 Å². The van der Waals surface area contributed by atoms with Crippen LogP contribution in [0.4, 0.5) is 0 Å². The minimum Gasteiger partial charge on any atom is -0.497 e. The second-order valence-corrected chi connectivity index (χ2v) is 7.27. The first-order valence-corrected chi connectivity index (χ1v) is 9.29. The van der Waals surface area contributed by atoms with Gasteiger partial charge in [-0.15, -0.1) is 11.3 Å². The quantitative estimate of drug-likeness (QED) is 0.873. The van der Waals surface area contributed by atoms with Gasteiger partial charge in [-0.2, -0.15) is 0 Å². The summed E-state index contributed by atoms with van der Waals surface area (Å²) in [6.07, 6.45) is 2.29. The van der Waals surface area contributed by atoms with Gasteiger partial charge in [0.25, 0.3) is 5.91 Å². The molecule has 24 heavy (non-hydrogen) atoms. The van der Waals surface area contributed by atoms with Crippen molar-refractivity contribution < 1.29 is 9.53 Å². The smallest absolute Gasteiger partial charge is 0.251 e. The second kappa shape index (κ2) is 8.31. The van der Waals surface area contributed by atoms with Gasteiger partial charge in [0, 0.05) is 23.5 Å². The Labute approximate surface area is 147 Å². The largest absolute Gasteiger partial charge is 0.497 e. The average Bonchev–Trinajstić information content (AvgIpc) is 3.14. The molecule has 1 aromatic heterocycles. The van der Waals surface area contributed by atoms with E-state index in [0.717, 1.165) is 44.8 Å². The first kappa shape index (κ1) is 17.0. The maximum Gasteiger partial charge on any atom is 0.251 e. The number of likely N-dealkylation sites (tertiary alicyclic amines) is 1. The minimum atomic E-state index is -0.00123. The zero-order valence-electron chi connectivity index (χ0n) is 14.0. The number of methoxy groups -OCH3 is 1. The molecule has 1 N–H and O–H groups in total. The van der Waals surface area contributed by atoms with Crippen LogP contribution in [-0.4, -0.2) is 37.6 Å². The molecule has 1 fully saturated rings. The number of carbonyl (C=O) groups excluding carboxylic acids is 1. The monoisotopic (exact) mass is 344 g/mol. The van der Waals surface area contributed by atoms with Crippen molar-refractivity contribution in [3.05, 3.63) is 52.2 Å². The molecule has 0 unspecified atom stereocenters. The number of piperidine rings is 1. The van der Waals surface area contributed by atoms with Crippen molar-refractivity contribution >= 4 is 17.2 Å². The lowest BCUT2D eigenvalue weighted by molar-refractivity contribution is 0.0935. The Kier molecular flexibility index (Phi) is 5.88. The number of ether oxygens (including phenoxy) is 1. The number of hydrogen-bond donors (Lipinski definition) is 1. The SMILES string of the molecule is COc1ccc(C(=O)NCC2CCN(Cc3cccs3)CC2)cc1. The fraction of sp³-hybridized carbons (Fsp3) is 0.421. The maximum atomic E-state index is 12.2. The molecule has 2 heterocycles. The fourth-order valence-electron chi connectivity index (χ4n) is 3.05. The summed E-state index contributed by atoms with van der Waals surface area (Å²) < 4.78 is 5.12. The van der Waals surface area contributed by atoms with Crippen molar-refractivity contribution in [3.63, 3.8) is 0 Å². The predicted octanol–water partition coefficient (Wildman–Crippen LogP) is 3.40. The van der Waals surface area contributed by atoms with E-state index in [1.54, 1.807) is 19.2 Å². The Morgan fingerprint density at radius 1 is 1.25 bits per heavy atom. The number of nitrogens with zero attached hydrogens (tertiary/aromatic N) is 1. The van der Waals surface area contributed by atoms with Crippen LogP contribution in [0.3, 0.4) is 0 Å². The summed E-state index contributed by atoms with van der Waals surface area (Å²) in [6.45, 7) is 4.04. The van der Waals surface area contributed by atoms with E-state index in [1.807, 2.05) is 23.5 Å². The van der Waals surface area contributed by atoms with Crippen molar-refractivity contribution in [2.24, 2.45) is 5.92 Å². The van der Waals surface area contributed by atoms with E-state index in [2.05, 4.69) is 27.7 Å². The lowest BCUT2D eigenvalue weighted by Crippen LogP contribution is -2.38. The van der Waals surface area contributed by atoms with Crippen molar-refractivity contribution in [1.29, 1.82) is 0 Å². The van der Waals surface area contributed by atoms with Crippen molar-refractivity contribution in [2.45, 2.75) is 19.4 Å². The third-order valence-electron chi connectivity index (χ3n) is 4.57. The third-order valence-corrected chi connectivity index (χ3v) is 5.43.